The van der Waals surface area contributed by atoms with E-state index < -0.39 is 11.2 Å². The number of anilines is 1. The molecule has 0 aliphatic carbocycles. The number of hydrogen-bond acceptors (Lipinski definition) is 4. The number of nitrogens with one attached hydrogen (secondary N) is 1. The van der Waals surface area contributed by atoms with Crippen LogP contribution in [0.15, 0.2) is 29.3 Å². The molecule has 0 bridgehead atoms. The van der Waals surface area contributed by atoms with Gasteiger partial charge in [-0.3, -0.25) is 0 Å². The second-order valence-electron chi connectivity index (χ2n) is 5.49. The first kappa shape index (κ1) is 15.3. The predicted molar refractivity (Wildman–Crippen MR) is 89.9 cm³/mol. The molecule has 1 atom stereocenters. The molecule has 4 nitrogen and oxygen atoms in total. The van der Waals surface area contributed by atoms with Crippen molar-refractivity contribution in [3.05, 3.63) is 29.8 Å². The van der Waals surface area contributed by atoms with E-state index in [2.05, 4.69) is 10.3 Å². The van der Waals surface area contributed by atoms with Gasteiger partial charge in [0.05, 0.1) is 5.54 Å². The Hall–Kier alpha value is -1.11. The summed E-state index contributed by atoms with van der Waals surface area (Å²) in [6.45, 7) is 3.88. The molecule has 1 N–H and O–H groups in total. The predicted octanol–water partition coefficient (Wildman–Crippen LogP) is 2.07. The van der Waals surface area contributed by atoms with Crippen molar-refractivity contribution in [1.29, 1.82) is 0 Å². The zero-order valence-corrected chi connectivity index (χ0v) is 13.8. The first-order valence-electron chi connectivity index (χ1n) is 6.36. The average molecular weight is 309 g/mol. The Morgan fingerprint density at radius 2 is 2.00 bits per heavy atom. The quantitative estimate of drug-likeness (QED) is 0.686. The van der Waals surface area contributed by atoms with E-state index >= 15 is 0 Å². The van der Waals surface area contributed by atoms with E-state index in [1.54, 1.807) is 0 Å². The third-order valence-corrected chi connectivity index (χ3v) is 4.93. The Morgan fingerprint density at radius 3 is 2.55 bits per heavy atom. The molecule has 0 amide bonds. The lowest BCUT2D eigenvalue weighted by Gasteiger charge is -2.20. The number of rotatable bonds is 3. The van der Waals surface area contributed by atoms with Crippen molar-refractivity contribution in [2.75, 3.05) is 19.0 Å². The van der Waals surface area contributed by atoms with Crippen LogP contribution in [0.2, 0.25) is 0 Å². The smallest absolute Gasteiger partial charge is 0.318 e. The van der Waals surface area contributed by atoms with Crippen LogP contribution in [0.4, 0.5) is 5.69 Å². The fourth-order valence-corrected chi connectivity index (χ4v) is 3.39. The van der Waals surface area contributed by atoms with Gasteiger partial charge in [-0.1, -0.05) is 30.4 Å². The Morgan fingerprint density at radius 1 is 1.35 bits per heavy atom. The summed E-state index contributed by atoms with van der Waals surface area (Å²) in [5, 5.41) is 3.62. The zero-order chi connectivity index (χ0) is 14.9. The van der Waals surface area contributed by atoms with Crippen molar-refractivity contribution in [1.82, 2.24) is 5.32 Å². The molecule has 108 valence electrons. The summed E-state index contributed by atoms with van der Waals surface area (Å²) in [4.78, 5) is 6.81. The van der Waals surface area contributed by atoms with Gasteiger partial charge in [-0.15, -0.1) is 0 Å². The number of para-hydroxylation sites is 1. The largest absolute Gasteiger partial charge is 0.609 e. The van der Waals surface area contributed by atoms with Gasteiger partial charge in [0.25, 0.3) is 0 Å². The van der Waals surface area contributed by atoms with Gasteiger partial charge < -0.3 is 14.8 Å². The summed E-state index contributed by atoms with van der Waals surface area (Å²) < 4.78 is 12.5. The fraction of sp³-hybridized carbons (Fsp3) is 0.429. The molecule has 1 aromatic carbocycles. The maximum atomic E-state index is 12.5. The maximum Gasteiger partial charge on any atom is 0.318 e. The van der Waals surface area contributed by atoms with Crippen molar-refractivity contribution >= 4 is 39.2 Å². The number of thiocarbonyl (C=S) groups is 1. The monoisotopic (exact) mass is 309 g/mol. The topological polar surface area (TPSA) is 50.7 Å². The highest BCUT2D eigenvalue weighted by atomic mass is 32.2. The molecule has 20 heavy (non-hydrogen) atoms. The highest BCUT2D eigenvalue weighted by Gasteiger charge is 2.36. The van der Waals surface area contributed by atoms with Gasteiger partial charge in [0, 0.05) is 36.5 Å². The van der Waals surface area contributed by atoms with Gasteiger partial charge in [0.2, 0.25) is 0 Å². The van der Waals surface area contributed by atoms with Crippen LogP contribution in [0, 0.1) is 0 Å². The normalized spacial score (nSPS) is 18.4. The highest BCUT2D eigenvalue weighted by Crippen LogP contribution is 2.23. The van der Waals surface area contributed by atoms with Gasteiger partial charge in [0.15, 0.2) is 0 Å². The molecule has 0 saturated heterocycles. The summed E-state index contributed by atoms with van der Waals surface area (Å²) in [5.74, 6) is 0.429. The van der Waals surface area contributed by atoms with Crippen LogP contribution >= 0.6 is 12.2 Å². The number of hydrogen-bond donors (Lipinski definition) is 1. The summed E-state index contributed by atoms with van der Waals surface area (Å²) in [6, 6.07) is 7.94. The van der Waals surface area contributed by atoms with Crippen LogP contribution in [0.5, 0.6) is 0 Å². The maximum absolute atomic E-state index is 12.5. The van der Waals surface area contributed by atoms with E-state index in [4.69, 9.17) is 12.2 Å². The van der Waals surface area contributed by atoms with E-state index in [9.17, 15) is 4.55 Å². The molecule has 1 unspecified atom stereocenters. The summed E-state index contributed by atoms with van der Waals surface area (Å²) in [7, 11) is 3.96. The molecule has 0 fully saturated rings. The number of amidine groups is 1. The van der Waals surface area contributed by atoms with Gasteiger partial charge in [-0.05, 0) is 19.9 Å². The van der Waals surface area contributed by atoms with Crippen LogP contribution in [0.25, 0.3) is 0 Å². The molecule has 1 aromatic rings. The van der Waals surface area contributed by atoms with E-state index in [1.165, 1.54) is 0 Å². The minimum absolute atomic E-state index is 0.388. The Bertz CT molecular complexity index is 555. The minimum atomic E-state index is -1.22. The van der Waals surface area contributed by atoms with Gasteiger partial charge in [0.1, 0.15) is 10.7 Å². The lowest BCUT2D eigenvalue weighted by atomic mass is 10.1. The molecule has 1 aliphatic heterocycles. The standard InChI is InChI=1S/C14H19N3OS2/c1-14(2)12(19)15-13(16-14)20(18)9-10-7-5-6-8-11(10)17(3)4/h5-8H,9H2,1-4H3,(H,15,16,19). The second-order valence-corrected chi connectivity index (χ2v) is 7.24. The van der Waals surface area contributed by atoms with Gasteiger partial charge >= 0.3 is 5.17 Å². The summed E-state index contributed by atoms with van der Waals surface area (Å²) >= 11 is 3.97. The molecule has 0 spiro atoms. The SMILES string of the molecule is CN(C)c1ccccc1C[S+]([O-])C1=NC(=S)C(C)(C)N1. The van der Waals surface area contributed by atoms with E-state index in [1.807, 2.05) is 57.1 Å². The van der Waals surface area contributed by atoms with Crippen molar-refractivity contribution in [3.63, 3.8) is 0 Å². The molecule has 0 saturated carbocycles. The lowest BCUT2D eigenvalue weighted by molar-refractivity contribution is 0.598. The van der Waals surface area contributed by atoms with Crippen LogP contribution in [-0.2, 0) is 16.9 Å². The molecular weight excluding hydrogens is 290 g/mol. The third-order valence-electron chi connectivity index (χ3n) is 3.13. The summed E-state index contributed by atoms with van der Waals surface area (Å²) in [6.07, 6.45) is 0. The van der Waals surface area contributed by atoms with E-state index in [0.717, 1.165) is 11.3 Å². The van der Waals surface area contributed by atoms with Crippen LogP contribution < -0.4 is 10.2 Å². The van der Waals surface area contributed by atoms with Crippen LogP contribution in [-0.4, -0.2) is 34.3 Å². The number of aliphatic imine (C=N–C) groups is 1. The van der Waals surface area contributed by atoms with Crippen molar-refractivity contribution in [2.45, 2.75) is 25.1 Å². The van der Waals surface area contributed by atoms with E-state index in [-0.39, 0.29) is 5.54 Å². The van der Waals surface area contributed by atoms with Crippen LogP contribution in [0.3, 0.4) is 0 Å². The molecule has 2 rings (SSSR count). The fourth-order valence-electron chi connectivity index (χ4n) is 1.97. The average Bonchev–Trinajstić information content (AvgIpc) is 2.64. The van der Waals surface area contributed by atoms with Gasteiger partial charge in [-0.25, -0.2) is 0 Å². The van der Waals surface area contributed by atoms with E-state index in [0.29, 0.717) is 15.9 Å². The zero-order valence-electron chi connectivity index (χ0n) is 12.1. The van der Waals surface area contributed by atoms with Gasteiger partial charge in [-0.2, -0.15) is 4.99 Å². The van der Waals surface area contributed by atoms with Crippen molar-refractivity contribution in [3.8, 4) is 0 Å². The Labute approximate surface area is 128 Å². The number of benzene rings is 1. The second kappa shape index (κ2) is 5.71. The molecule has 1 heterocycles. The minimum Gasteiger partial charge on any atom is -0.609 e. The lowest BCUT2D eigenvalue weighted by Crippen LogP contribution is -2.44. The van der Waals surface area contributed by atoms with Crippen molar-refractivity contribution in [2.24, 2.45) is 4.99 Å². The molecular formula is C14H19N3OS2. The molecule has 1 aliphatic rings. The summed E-state index contributed by atoms with van der Waals surface area (Å²) in [5.41, 5.74) is 1.72. The first-order valence-corrected chi connectivity index (χ1v) is 8.09. The first-order chi connectivity index (χ1) is 9.31. The Kier molecular flexibility index (Phi) is 4.36. The van der Waals surface area contributed by atoms with Crippen LogP contribution in [0.1, 0.15) is 19.4 Å². The highest BCUT2D eigenvalue weighted by molar-refractivity contribution is 8.05. The molecule has 0 radical (unpaired) electrons. The van der Waals surface area contributed by atoms with Crippen molar-refractivity contribution < 1.29 is 4.55 Å². The molecule has 6 heteroatoms. The number of nitrogens with zero attached hydrogens (tertiary/aromatic N) is 2. The Balaban J connectivity index is 2.16. The molecule has 0 aromatic heterocycles. The third kappa shape index (κ3) is 3.13.